The highest BCUT2D eigenvalue weighted by atomic mass is 28.4. The first kappa shape index (κ1) is 11.4. The van der Waals surface area contributed by atoms with Crippen LogP contribution in [0.25, 0.3) is 0 Å². The van der Waals surface area contributed by atoms with Gasteiger partial charge in [-0.05, 0) is 19.1 Å². The van der Waals surface area contributed by atoms with Gasteiger partial charge in [-0.1, -0.05) is 33.5 Å². The summed E-state index contributed by atoms with van der Waals surface area (Å²) in [6.45, 7) is 12.0. The van der Waals surface area contributed by atoms with E-state index in [2.05, 4.69) is 44.8 Å². The summed E-state index contributed by atoms with van der Waals surface area (Å²) in [7, 11) is 1.18. The molecule has 0 aliphatic heterocycles. The molecular formula is C8H22NSi2. The minimum atomic E-state index is -0.987. The second-order valence-corrected chi connectivity index (χ2v) is 12.7. The van der Waals surface area contributed by atoms with Gasteiger partial charge in [0.1, 0.15) is 17.2 Å². The Kier molecular flexibility index (Phi) is 4.59. The predicted molar refractivity (Wildman–Crippen MR) is 57.8 cm³/mol. The van der Waals surface area contributed by atoms with E-state index in [0.717, 1.165) is 0 Å². The molecule has 0 fully saturated rings. The summed E-state index contributed by atoms with van der Waals surface area (Å²) in [5.74, 6) is 0. The topological polar surface area (TPSA) is 3.24 Å². The van der Waals surface area contributed by atoms with E-state index >= 15 is 0 Å². The van der Waals surface area contributed by atoms with Gasteiger partial charge in [-0.2, -0.15) is 0 Å². The third-order valence-electron chi connectivity index (χ3n) is 2.30. The van der Waals surface area contributed by atoms with Crippen LogP contribution in [0.1, 0.15) is 13.8 Å². The first-order valence-electron chi connectivity index (χ1n) is 4.52. The van der Waals surface area contributed by atoms with E-state index < -0.39 is 8.24 Å². The Morgan fingerprint density at radius 3 is 1.55 bits per heavy atom. The molecule has 67 valence electrons. The second-order valence-electron chi connectivity index (χ2n) is 4.00. The zero-order valence-electron chi connectivity index (χ0n) is 8.86. The molecule has 11 heavy (non-hydrogen) atoms. The predicted octanol–water partition coefficient (Wildman–Crippen LogP) is 2.78. The number of hydrogen-bond donors (Lipinski definition) is 0. The van der Waals surface area contributed by atoms with Crippen molar-refractivity contribution in [2.45, 2.75) is 45.6 Å². The summed E-state index contributed by atoms with van der Waals surface area (Å²) in [4.78, 5) is 0. The van der Waals surface area contributed by atoms with Crippen molar-refractivity contribution in [3.8, 4) is 0 Å². The Hall–Kier alpha value is 0.394. The average molecular weight is 188 g/mol. The molecule has 0 spiro atoms. The van der Waals surface area contributed by atoms with Gasteiger partial charge in [0.2, 0.25) is 0 Å². The minimum Gasteiger partial charge on any atom is -0.349 e. The van der Waals surface area contributed by atoms with Gasteiger partial charge in [0.05, 0.1) is 0 Å². The fourth-order valence-corrected chi connectivity index (χ4v) is 7.39. The summed E-state index contributed by atoms with van der Waals surface area (Å²) >= 11 is 0. The van der Waals surface area contributed by atoms with Gasteiger partial charge in [-0.3, -0.25) is 0 Å². The van der Waals surface area contributed by atoms with Crippen molar-refractivity contribution in [3.05, 3.63) is 0 Å². The summed E-state index contributed by atoms with van der Waals surface area (Å²) in [6.07, 6.45) is 0. The van der Waals surface area contributed by atoms with E-state index in [0.29, 0.717) is 0 Å². The number of nitrogens with zero attached hydrogens (tertiary/aromatic N) is 1. The van der Waals surface area contributed by atoms with Crippen molar-refractivity contribution in [1.29, 1.82) is 0 Å². The highest BCUT2D eigenvalue weighted by Gasteiger charge is 2.25. The maximum Gasteiger partial charge on any atom is 0.128 e. The van der Waals surface area contributed by atoms with E-state index in [1.165, 1.54) is 12.1 Å². The molecule has 0 N–H and O–H groups in total. The Labute approximate surface area is 74.6 Å². The van der Waals surface area contributed by atoms with Crippen LogP contribution in [0.4, 0.5) is 0 Å². The average Bonchev–Trinajstić information content (AvgIpc) is 1.88. The molecule has 0 heterocycles. The highest BCUT2D eigenvalue weighted by molar-refractivity contribution is 6.82. The summed E-state index contributed by atoms with van der Waals surface area (Å²) in [5, 5.41) is 0. The molecule has 0 aromatic heterocycles. The third-order valence-corrected chi connectivity index (χ3v) is 9.85. The van der Waals surface area contributed by atoms with Gasteiger partial charge < -0.3 is 4.23 Å². The zero-order valence-corrected chi connectivity index (χ0v) is 10.9. The number of hydrogen-bond acceptors (Lipinski definition) is 1. The molecule has 0 aliphatic carbocycles. The van der Waals surface area contributed by atoms with Crippen LogP contribution in [-0.2, 0) is 0 Å². The van der Waals surface area contributed by atoms with Crippen LogP contribution < -0.4 is 0 Å². The van der Waals surface area contributed by atoms with Crippen molar-refractivity contribution < 1.29 is 0 Å². The molecule has 0 aromatic carbocycles. The van der Waals surface area contributed by atoms with Gasteiger partial charge in [0.15, 0.2) is 0 Å². The van der Waals surface area contributed by atoms with E-state index in [9.17, 15) is 0 Å². The lowest BCUT2D eigenvalue weighted by Gasteiger charge is -2.35. The van der Waals surface area contributed by atoms with Crippen LogP contribution in [-0.4, -0.2) is 28.5 Å². The van der Waals surface area contributed by atoms with Gasteiger partial charge in [0, 0.05) is 0 Å². The number of rotatable bonds is 4. The van der Waals surface area contributed by atoms with Crippen molar-refractivity contribution >= 4 is 17.2 Å². The molecular weight excluding hydrogens is 166 g/mol. The molecule has 1 radical (unpaired) electrons. The van der Waals surface area contributed by atoms with Gasteiger partial charge in [-0.15, -0.1) is 0 Å². The lowest BCUT2D eigenvalue weighted by Crippen LogP contribution is -2.51. The molecule has 0 bridgehead atoms. The van der Waals surface area contributed by atoms with Crippen LogP contribution in [0.5, 0.6) is 0 Å². The standard InChI is InChI=1S/C8H22NSi2/c1-7-10(8-2)9(3)11(4,5)6/h7-8H2,1-6H3. The molecule has 1 nitrogen and oxygen atoms in total. The van der Waals surface area contributed by atoms with Crippen LogP contribution in [0.2, 0.25) is 31.7 Å². The molecule has 0 aromatic rings. The van der Waals surface area contributed by atoms with Gasteiger partial charge >= 0.3 is 0 Å². The zero-order chi connectivity index (χ0) is 9.07. The Balaban J connectivity index is 4.09. The minimum absolute atomic E-state index is 0.163. The highest BCUT2D eigenvalue weighted by Crippen LogP contribution is 2.13. The van der Waals surface area contributed by atoms with E-state index in [-0.39, 0.29) is 8.96 Å². The maximum atomic E-state index is 2.71. The first-order valence-corrected chi connectivity index (χ1v) is 9.82. The van der Waals surface area contributed by atoms with E-state index in [4.69, 9.17) is 0 Å². The first-order chi connectivity index (χ1) is 4.93. The Bertz CT molecular complexity index is 105. The van der Waals surface area contributed by atoms with Crippen molar-refractivity contribution in [1.82, 2.24) is 4.23 Å². The summed E-state index contributed by atoms with van der Waals surface area (Å²) in [5.41, 5.74) is 0. The Morgan fingerprint density at radius 2 is 1.45 bits per heavy atom. The fraction of sp³-hybridized carbons (Fsp3) is 1.00. The molecule has 0 saturated heterocycles. The molecule has 3 heteroatoms. The van der Waals surface area contributed by atoms with Crippen LogP contribution in [0.3, 0.4) is 0 Å². The monoisotopic (exact) mass is 188 g/mol. The second kappa shape index (κ2) is 4.43. The van der Waals surface area contributed by atoms with Crippen molar-refractivity contribution in [3.63, 3.8) is 0 Å². The Morgan fingerprint density at radius 1 is 1.09 bits per heavy atom. The van der Waals surface area contributed by atoms with Crippen molar-refractivity contribution in [2.75, 3.05) is 7.05 Å². The summed E-state index contributed by atoms with van der Waals surface area (Å²) < 4.78 is 2.71. The third kappa shape index (κ3) is 3.53. The SMILES string of the molecule is CC[Si](CC)N(C)[Si](C)(C)C. The normalized spacial score (nSPS) is 13.1. The van der Waals surface area contributed by atoms with Gasteiger partial charge in [-0.25, -0.2) is 0 Å². The largest absolute Gasteiger partial charge is 0.349 e. The van der Waals surface area contributed by atoms with Crippen LogP contribution in [0.15, 0.2) is 0 Å². The van der Waals surface area contributed by atoms with Crippen LogP contribution in [0, 0.1) is 0 Å². The lowest BCUT2D eigenvalue weighted by atomic mass is 10.9. The smallest absolute Gasteiger partial charge is 0.128 e. The van der Waals surface area contributed by atoms with Gasteiger partial charge in [0.25, 0.3) is 0 Å². The molecule has 0 saturated carbocycles. The van der Waals surface area contributed by atoms with Crippen LogP contribution >= 0.6 is 0 Å². The summed E-state index contributed by atoms with van der Waals surface area (Å²) in [6, 6.07) is 2.78. The molecule has 0 aliphatic rings. The molecule has 0 amide bonds. The maximum absolute atomic E-state index is 2.71. The molecule has 0 rings (SSSR count). The van der Waals surface area contributed by atoms with Crippen molar-refractivity contribution in [2.24, 2.45) is 0 Å². The van der Waals surface area contributed by atoms with E-state index in [1.54, 1.807) is 0 Å². The van der Waals surface area contributed by atoms with E-state index in [1.807, 2.05) is 0 Å². The molecule has 0 unspecified atom stereocenters. The fourth-order valence-electron chi connectivity index (χ4n) is 1.20. The molecule has 0 atom stereocenters. The quantitative estimate of drug-likeness (QED) is 0.613. The lowest BCUT2D eigenvalue weighted by molar-refractivity contribution is 0.763.